The van der Waals surface area contributed by atoms with Gasteiger partial charge in [-0.05, 0) is 43.3 Å². The predicted octanol–water partition coefficient (Wildman–Crippen LogP) is 4.86. The number of hydrogen-bond donors (Lipinski definition) is 1. The molecule has 0 fully saturated rings. The van der Waals surface area contributed by atoms with Gasteiger partial charge < -0.3 is 24.6 Å². The summed E-state index contributed by atoms with van der Waals surface area (Å²) in [6, 6.07) is 15.4. The van der Waals surface area contributed by atoms with Gasteiger partial charge in [0, 0.05) is 44.9 Å². The molecule has 1 heterocycles. The number of anilines is 1. The molecule has 1 aliphatic rings. The van der Waals surface area contributed by atoms with E-state index >= 15 is 0 Å². The predicted molar refractivity (Wildman–Crippen MR) is 150 cm³/mol. The lowest BCUT2D eigenvalue weighted by molar-refractivity contribution is 0.0110. The number of nitrogens with one attached hydrogen (secondary N) is 1. The summed E-state index contributed by atoms with van der Waals surface area (Å²) in [5.41, 5.74) is 0.333. The normalized spacial score (nSPS) is 19.9. The van der Waals surface area contributed by atoms with Gasteiger partial charge in [0.25, 0.3) is 17.7 Å². The summed E-state index contributed by atoms with van der Waals surface area (Å²) in [5.74, 6) is -2.81. The highest BCUT2D eigenvalue weighted by Crippen LogP contribution is 2.28. The highest BCUT2D eigenvalue weighted by atomic mass is 19.1. The monoisotopic (exact) mass is 565 g/mol. The first-order chi connectivity index (χ1) is 19.6. The van der Waals surface area contributed by atoms with E-state index in [0.717, 1.165) is 0 Å². The average molecular weight is 566 g/mol. The van der Waals surface area contributed by atoms with Crippen LogP contribution in [0.25, 0.3) is 0 Å². The first-order valence-corrected chi connectivity index (χ1v) is 13.3. The highest BCUT2D eigenvalue weighted by Gasteiger charge is 2.31. The molecule has 0 spiro atoms. The molecule has 1 aliphatic heterocycles. The van der Waals surface area contributed by atoms with Crippen LogP contribution in [0.15, 0.2) is 66.7 Å². The van der Waals surface area contributed by atoms with Crippen molar-refractivity contribution in [1.29, 1.82) is 0 Å². The minimum atomic E-state index is -0.667. The molecule has 0 bridgehead atoms. The van der Waals surface area contributed by atoms with Gasteiger partial charge in [0.1, 0.15) is 24.0 Å². The fraction of sp³-hybridized carbons (Fsp3) is 0.323. The lowest BCUT2D eigenvalue weighted by Crippen LogP contribution is -2.48. The lowest BCUT2D eigenvalue weighted by Gasteiger charge is -2.36. The SMILES string of the molecule is CO[C@H]1CN(C)C(=O)c2ccc(NC(=O)c3ccccc3F)cc2OC[C@H](C)N(C(=O)c2ccccc2F)C[C@@H]1C. The van der Waals surface area contributed by atoms with E-state index in [2.05, 4.69) is 5.32 Å². The summed E-state index contributed by atoms with van der Waals surface area (Å²) in [6.45, 7) is 4.10. The molecule has 0 saturated heterocycles. The Hall–Kier alpha value is -4.31. The number of benzene rings is 3. The van der Waals surface area contributed by atoms with Gasteiger partial charge in [0.05, 0.1) is 28.8 Å². The van der Waals surface area contributed by atoms with Crippen LogP contribution in [0.2, 0.25) is 0 Å². The Morgan fingerprint density at radius 1 is 0.951 bits per heavy atom. The number of nitrogens with zero attached hydrogens (tertiary/aromatic N) is 2. The third kappa shape index (κ3) is 6.71. The number of likely N-dealkylation sites (N-methyl/N-ethyl adjacent to an activating group) is 1. The van der Waals surface area contributed by atoms with Crippen molar-refractivity contribution in [3.8, 4) is 5.75 Å². The Labute approximate surface area is 237 Å². The topological polar surface area (TPSA) is 88.2 Å². The van der Waals surface area contributed by atoms with Crippen LogP contribution in [0.4, 0.5) is 14.5 Å². The Bertz CT molecular complexity index is 1430. The van der Waals surface area contributed by atoms with E-state index in [9.17, 15) is 23.2 Å². The van der Waals surface area contributed by atoms with Crippen LogP contribution >= 0.6 is 0 Å². The maximum absolute atomic E-state index is 14.6. The van der Waals surface area contributed by atoms with Crippen LogP contribution < -0.4 is 10.1 Å². The molecule has 0 aromatic heterocycles. The number of hydrogen-bond acceptors (Lipinski definition) is 5. The van der Waals surface area contributed by atoms with Gasteiger partial charge in [0.2, 0.25) is 0 Å². The number of carbonyl (C=O) groups is 3. The largest absolute Gasteiger partial charge is 0.491 e. The molecule has 3 aromatic rings. The average Bonchev–Trinajstić information content (AvgIpc) is 2.96. The zero-order chi connectivity index (χ0) is 29.7. The summed E-state index contributed by atoms with van der Waals surface area (Å²) in [4.78, 5) is 42.7. The maximum atomic E-state index is 14.6. The van der Waals surface area contributed by atoms with Crippen molar-refractivity contribution in [2.24, 2.45) is 5.92 Å². The summed E-state index contributed by atoms with van der Waals surface area (Å²) in [7, 11) is 3.18. The van der Waals surface area contributed by atoms with Crippen molar-refractivity contribution >= 4 is 23.4 Å². The number of halogens is 2. The van der Waals surface area contributed by atoms with Crippen LogP contribution in [-0.2, 0) is 4.74 Å². The molecule has 3 atom stereocenters. The van der Waals surface area contributed by atoms with Crippen LogP contribution in [0.5, 0.6) is 5.75 Å². The van der Waals surface area contributed by atoms with E-state index in [-0.39, 0.29) is 59.6 Å². The first-order valence-electron chi connectivity index (χ1n) is 13.3. The first kappa shape index (κ1) is 29.7. The number of methoxy groups -OCH3 is 1. The molecular weight excluding hydrogens is 532 g/mol. The molecule has 0 unspecified atom stereocenters. The third-order valence-electron chi connectivity index (χ3n) is 7.19. The van der Waals surface area contributed by atoms with Crippen LogP contribution in [0.1, 0.15) is 44.9 Å². The van der Waals surface area contributed by atoms with Crippen LogP contribution in [0.3, 0.4) is 0 Å². The standard InChI is InChI=1S/C31H33F2N3O5/c1-19-16-36(31(39)23-10-6-8-12-26(23)33)20(2)18-41-27-15-21(34-29(37)22-9-5-7-11-25(22)32)13-14-24(27)30(38)35(3)17-28(19)40-4/h5-15,19-20,28H,16-18H2,1-4H3,(H,34,37)/t19-,20-,28-/m0/s1. The number of carbonyl (C=O) groups excluding carboxylic acids is 3. The summed E-state index contributed by atoms with van der Waals surface area (Å²) in [6.07, 6.45) is -0.421. The zero-order valence-electron chi connectivity index (χ0n) is 23.4. The Balaban J connectivity index is 1.68. The van der Waals surface area contributed by atoms with E-state index in [1.165, 1.54) is 59.5 Å². The molecule has 1 N–H and O–H groups in total. The van der Waals surface area contributed by atoms with Crippen molar-refractivity contribution in [3.05, 3.63) is 95.1 Å². The van der Waals surface area contributed by atoms with Gasteiger partial charge in [-0.1, -0.05) is 31.2 Å². The molecule has 0 saturated carbocycles. The summed E-state index contributed by atoms with van der Waals surface area (Å²) in [5, 5.41) is 2.64. The minimum absolute atomic E-state index is 0.0285. The Kier molecular flexibility index (Phi) is 9.34. The zero-order valence-corrected chi connectivity index (χ0v) is 23.4. The second-order valence-corrected chi connectivity index (χ2v) is 10.2. The molecular formula is C31H33F2N3O5. The maximum Gasteiger partial charge on any atom is 0.258 e. The van der Waals surface area contributed by atoms with Gasteiger partial charge in [0.15, 0.2) is 0 Å². The number of amides is 3. The van der Waals surface area contributed by atoms with Gasteiger partial charge in [-0.25, -0.2) is 8.78 Å². The van der Waals surface area contributed by atoms with Crippen molar-refractivity contribution in [2.45, 2.75) is 26.0 Å². The van der Waals surface area contributed by atoms with E-state index in [1.807, 2.05) is 6.92 Å². The minimum Gasteiger partial charge on any atom is -0.491 e. The second-order valence-electron chi connectivity index (χ2n) is 10.2. The molecule has 10 heteroatoms. The lowest BCUT2D eigenvalue weighted by atomic mass is 10.0. The molecule has 3 amide bonds. The molecule has 0 aliphatic carbocycles. The van der Waals surface area contributed by atoms with E-state index in [0.29, 0.717) is 0 Å². The van der Waals surface area contributed by atoms with E-state index in [4.69, 9.17) is 9.47 Å². The quantitative estimate of drug-likeness (QED) is 0.488. The van der Waals surface area contributed by atoms with Crippen LogP contribution in [-0.4, -0.2) is 73.5 Å². The van der Waals surface area contributed by atoms with Gasteiger partial charge >= 0.3 is 0 Å². The fourth-order valence-corrected chi connectivity index (χ4v) is 4.77. The second kappa shape index (κ2) is 12.9. The molecule has 41 heavy (non-hydrogen) atoms. The van der Waals surface area contributed by atoms with Crippen molar-refractivity contribution < 1.29 is 32.6 Å². The van der Waals surface area contributed by atoms with Crippen LogP contribution in [0, 0.1) is 17.6 Å². The van der Waals surface area contributed by atoms with E-state index in [1.54, 1.807) is 38.1 Å². The van der Waals surface area contributed by atoms with Crippen molar-refractivity contribution in [3.63, 3.8) is 0 Å². The molecule has 8 nitrogen and oxygen atoms in total. The fourth-order valence-electron chi connectivity index (χ4n) is 4.77. The number of ether oxygens (including phenoxy) is 2. The van der Waals surface area contributed by atoms with Gasteiger partial charge in [-0.2, -0.15) is 0 Å². The van der Waals surface area contributed by atoms with E-state index < -0.39 is 35.6 Å². The Morgan fingerprint density at radius 3 is 2.22 bits per heavy atom. The van der Waals surface area contributed by atoms with Gasteiger partial charge in [-0.15, -0.1) is 0 Å². The summed E-state index contributed by atoms with van der Waals surface area (Å²) < 4.78 is 40.5. The number of rotatable bonds is 4. The molecule has 0 radical (unpaired) electrons. The molecule has 3 aromatic carbocycles. The summed E-state index contributed by atoms with van der Waals surface area (Å²) >= 11 is 0. The van der Waals surface area contributed by atoms with Crippen molar-refractivity contribution in [1.82, 2.24) is 9.80 Å². The third-order valence-corrected chi connectivity index (χ3v) is 7.19. The van der Waals surface area contributed by atoms with Gasteiger partial charge in [-0.3, -0.25) is 14.4 Å². The highest BCUT2D eigenvalue weighted by molar-refractivity contribution is 6.05. The Morgan fingerprint density at radius 2 is 1.59 bits per heavy atom. The number of fused-ring (bicyclic) bond motifs is 1. The smallest absolute Gasteiger partial charge is 0.258 e. The molecule has 216 valence electrons. The van der Waals surface area contributed by atoms with Crippen molar-refractivity contribution in [2.75, 3.05) is 39.2 Å². The molecule has 4 rings (SSSR count).